The summed E-state index contributed by atoms with van der Waals surface area (Å²) >= 11 is 6.09. The highest BCUT2D eigenvalue weighted by Crippen LogP contribution is 2.24. The first-order valence-electron chi connectivity index (χ1n) is 6.13. The molecule has 0 aliphatic carbocycles. The van der Waals surface area contributed by atoms with Crippen LogP contribution in [0.3, 0.4) is 0 Å². The van der Waals surface area contributed by atoms with Gasteiger partial charge in [-0.1, -0.05) is 23.7 Å². The number of pyridine rings is 1. The van der Waals surface area contributed by atoms with Gasteiger partial charge in [0.15, 0.2) is 0 Å². The minimum absolute atomic E-state index is 0.111. The van der Waals surface area contributed by atoms with E-state index in [0.29, 0.717) is 17.0 Å². The molecule has 0 saturated heterocycles. The molecule has 0 radical (unpaired) electrons. The molecule has 1 heterocycles. The normalized spacial score (nSPS) is 12.4. The first-order valence-corrected chi connectivity index (χ1v) is 6.51. The third-order valence-corrected chi connectivity index (χ3v) is 3.50. The summed E-state index contributed by atoms with van der Waals surface area (Å²) in [6, 6.07) is 7.03. The topological polar surface area (TPSA) is 24.9 Å². The van der Waals surface area contributed by atoms with E-state index in [4.69, 9.17) is 11.6 Å². The Morgan fingerprint density at radius 3 is 2.79 bits per heavy atom. The van der Waals surface area contributed by atoms with E-state index in [9.17, 15) is 4.39 Å². The van der Waals surface area contributed by atoms with Crippen LogP contribution in [0.5, 0.6) is 0 Å². The monoisotopic (exact) mass is 278 g/mol. The summed E-state index contributed by atoms with van der Waals surface area (Å²) in [5.41, 5.74) is 2.52. The van der Waals surface area contributed by atoms with Gasteiger partial charge in [-0.05, 0) is 43.7 Å². The van der Waals surface area contributed by atoms with Gasteiger partial charge >= 0.3 is 0 Å². The number of rotatable bonds is 4. The summed E-state index contributed by atoms with van der Waals surface area (Å²) in [6.07, 6.45) is 3.92. The van der Waals surface area contributed by atoms with Crippen LogP contribution in [0.4, 0.5) is 4.39 Å². The first-order chi connectivity index (χ1) is 9.11. The zero-order valence-corrected chi connectivity index (χ0v) is 11.7. The van der Waals surface area contributed by atoms with E-state index in [1.165, 1.54) is 0 Å². The van der Waals surface area contributed by atoms with E-state index in [1.807, 2.05) is 32.2 Å². The molecule has 0 amide bonds. The smallest absolute Gasteiger partial charge is 0.128 e. The zero-order chi connectivity index (χ0) is 13.8. The van der Waals surface area contributed by atoms with Crippen molar-refractivity contribution < 1.29 is 4.39 Å². The first kappa shape index (κ1) is 14.0. The van der Waals surface area contributed by atoms with E-state index >= 15 is 0 Å². The van der Waals surface area contributed by atoms with Crippen molar-refractivity contribution in [1.29, 1.82) is 0 Å². The Labute approximate surface area is 117 Å². The number of hydrogen-bond donors (Lipinski definition) is 1. The second-order valence-electron chi connectivity index (χ2n) is 4.54. The Morgan fingerprint density at radius 1 is 1.37 bits per heavy atom. The third-order valence-electron chi connectivity index (χ3n) is 3.16. The summed E-state index contributed by atoms with van der Waals surface area (Å²) in [5, 5.41) is 3.74. The molecule has 0 spiro atoms. The highest BCUT2D eigenvalue weighted by Gasteiger charge is 2.16. The number of hydrogen-bond acceptors (Lipinski definition) is 2. The van der Waals surface area contributed by atoms with Crippen molar-refractivity contribution in [3.63, 3.8) is 0 Å². The summed E-state index contributed by atoms with van der Waals surface area (Å²) in [5.74, 6) is -0.190. The van der Waals surface area contributed by atoms with Crippen LogP contribution >= 0.6 is 11.6 Å². The SMILES string of the molecule is CNC(Cc1ccncc1Cl)c1ccc(C)cc1F. The van der Waals surface area contributed by atoms with Gasteiger partial charge in [0.25, 0.3) is 0 Å². The van der Waals surface area contributed by atoms with Crippen LogP contribution in [0.15, 0.2) is 36.7 Å². The molecule has 0 aliphatic rings. The Morgan fingerprint density at radius 2 is 2.16 bits per heavy atom. The third kappa shape index (κ3) is 3.31. The maximum absolute atomic E-state index is 14.0. The van der Waals surface area contributed by atoms with Gasteiger partial charge in [0, 0.05) is 24.0 Å². The van der Waals surface area contributed by atoms with E-state index in [2.05, 4.69) is 10.3 Å². The molecule has 1 unspecified atom stereocenters. The Hall–Kier alpha value is -1.45. The maximum atomic E-state index is 14.0. The van der Waals surface area contributed by atoms with Gasteiger partial charge in [-0.15, -0.1) is 0 Å². The fourth-order valence-electron chi connectivity index (χ4n) is 2.07. The second kappa shape index (κ2) is 6.13. The lowest BCUT2D eigenvalue weighted by Gasteiger charge is -2.18. The lowest BCUT2D eigenvalue weighted by atomic mass is 9.98. The maximum Gasteiger partial charge on any atom is 0.128 e. The van der Waals surface area contributed by atoms with Crippen molar-refractivity contribution >= 4 is 11.6 Å². The standard InChI is InChI=1S/C15H16ClFN2/c1-10-3-4-12(14(17)7-10)15(18-2)8-11-5-6-19-9-13(11)16/h3-7,9,15,18H,8H2,1-2H3. The van der Waals surface area contributed by atoms with Crippen LogP contribution in [0.25, 0.3) is 0 Å². The molecule has 2 rings (SSSR count). The number of benzene rings is 1. The van der Waals surface area contributed by atoms with Crippen molar-refractivity contribution in [2.75, 3.05) is 7.05 Å². The van der Waals surface area contributed by atoms with Crippen LogP contribution in [-0.4, -0.2) is 12.0 Å². The lowest BCUT2D eigenvalue weighted by molar-refractivity contribution is 0.533. The molecule has 2 nitrogen and oxygen atoms in total. The molecule has 0 saturated carbocycles. The molecular formula is C15H16ClFN2. The molecule has 19 heavy (non-hydrogen) atoms. The fourth-order valence-corrected chi connectivity index (χ4v) is 2.27. The minimum Gasteiger partial charge on any atom is -0.313 e. The molecule has 0 fully saturated rings. The number of likely N-dealkylation sites (N-methyl/N-ethyl adjacent to an activating group) is 1. The predicted octanol–water partition coefficient (Wildman–Crippen LogP) is 3.69. The van der Waals surface area contributed by atoms with Crippen LogP contribution in [-0.2, 0) is 6.42 Å². The molecule has 0 aliphatic heterocycles. The van der Waals surface area contributed by atoms with E-state index in [0.717, 1.165) is 11.1 Å². The molecule has 2 aromatic rings. The summed E-state index contributed by atoms with van der Waals surface area (Å²) in [6.45, 7) is 1.88. The average molecular weight is 279 g/mol. The van der Waals surface area contributed by atoms with Crippen LogP contribution in [0.1, 0.15) is 22.7 Å². The highest BCUT2D eigenvalue weighted by atomic mass is 35.5. The second-order valence-corrected chi connectivity index (χ2v) is 4.94. The summed E-state index contributed by atoms with van der Waals surface area (Å²) < 4.78 is 14.0. The molecule has 4 heteroatoms. The molecule has 1 atom stereocenters. The average Bonchev–Trinajstić information content (AvgIpc) is 2.39. The molecule has 1 N–H and O–H groups in total. The Balaban J connectivity index is 2.28. The van der Waals surface area contributed by atoms with Gasteiger partial charge in [-0.3, -0.25) is 4.98 Å². The zero-order valence-electron chi connectivity index (χ0n) is 11.0. The summed E-state index contributed by atoms with van der Waals surface area (Å²) in [7, 11) is 1.82. The van der Waals surface area contributed by atoms with Crippen molar-refractivity contribution in [2.45, 2.75) is 19.4 Å². The predicted molar refractivity (Wildman–Crippen MR) is 75.9 cm³/mol. The quantitative estimate of drug-likeness (QED) is 0.923. The number of halogens is 2. The summed E-state index contributed by atoms with van der Waals surface area (Å²) in [4.78, 5) is 3.95. The number of nitrogens with one attached hydrogen (secondary N) is 1. The van der Waals surface area contributed by atoms with E-state index < -0.39 is 0 Å². The van der Waals surface area contributed by atoms with Gasteiger partial charge in [0.1, 0.15) is 5.82 Å². The van der Waals surface area contributed by atoms with Crippen molar-refractivity contribution in [2.24, 2.45) is 0 Å². The molecular weight excluding hydrogens is 263 g/mol. The van der Waals surface area contributed by atoms with Gasteiger partial charge in [-0.25, -0.2) is 4.39 Å². The van der Waals surface area contributed by atoms with Crippen LogP contribution in [0.2, 0.25) is 5.02 Å². The minimum atomic E-state index is -0.190. The van der Waals surface area contributed by atoms with Crippen molar-refractivity contribution in [3.05, 3.63) is 64.2 Å². The van der Waals surface area contributed by atoms with Crippen LogP contribution < -0.4 is 5.32 Å². The van der Waals surface area contributed by atoms with Crippen LogP contribution in [0, 0.1) is 12.7 Å². The van der Waals surface area contributed by atoms with E-state index in [1.54, 1.807) is 18.5 Å². The van der Waals surface area contributed by atoms with Gasteiger partial charge in [0.05, 0.1) is 5.02 Å². The van der Waals surface area contributed by atoms with Gasteiger partial charge in [-0.2, -0.15) is 0 Å². The Kier molecular flexibility index (Phi) is 4.51. The highest BCUT2D eigenvalue weighted by molar-refractivity contribution is 6.31. The Bertz CT molecular complexity index is 572. The van der Waals surface area contributed by atoms with Crippen molar-refractivity contribution in [1.82, 2.24) is 10.3 Å². The van der Waals surface area contributed by atoms with Gasteiger partial charge in [0.2, 0.25) is 0 Å². The van der Waals surface area contributed by atoms with Crippen molar-refractivity contribution in [3.8, 4) is 0 Å². The number of aryl methyl sites for hydroxylation is 1. The van der Waals surface area contributed by atoms with E-state index in [-0.39, 0.29) is 11.9 Å². The molecule has 0 bridgehead atoms. The lowest BCUT2D eigenvalue weighted by Crippen LogP contribution is -2.20. The molecule has 100 valence electrons. The number of nitrogens with zero attached hydrogens (tertiary/aromatic N) is 1. The number of aromatic nitrogens is 1. The van der Waals surface area contributed by atoms with Gasteiger partial charge < -0.3 is 5.32 Å². The largest absolute Gasteiger partial charge is 0.313 e. The molecule has 1 aromatic heterocycles. The fraction of sp³-hybridized carbons (Fsp3) is 0.267. The molecule has 1 aromatic carbocycles.